The average molecular weight is 209 g/mol. The third-order valence-electron chi connectivity index (χ3n) is 2.01. The number of benzene rings is 1. The fourth-order valence-electron chi connectivity index (χ4n) is 1.20. The number of carbonyl (C=O) groups is 1. The maximum atomic E-state index is 11.1. The van der Waals surface area contributed by atoms with Crippen molar-refractivity contribution in [3.63, 3.8) is 0 Å². The Morgan fingerprint density at radius 3 is 2.67 bits per heavy atom. The molecule has 0 bridgehead atoms. The minimum atomic E-state index is -0.169. The van der Waals surface area contributed by atoms with E-state index in [9.17, 15) is 9.90 Å². The number of phenols is 2. The van der Waals surface area contributed by atoms with E-state index in [2.05, 4.69) is 5.32 Å². The van der Waals surface area contributed by atoms with Crippen molar-refractivity contribution in [2.75, 3.05) is 0 Å². The zero-order valence-corrected chi connectivity index (χ0v) is 8.66. The van der Waals surface area contributed by atoms with E-state index in [4.69, 9.17) is 5.11 Å². The van der Waals surface area contributed by atoms with Crippen molar-refractivity contribution in [2.45, 2.75) is 26.3 Å². The van der Waals surface area contributed by atoms with Gasteiger partial charge in [0.25, 0.3) is 0 Å². The molecule has 0 spiro atoms. The molecule has 0 heterocycles. The van der Waals surface area contributed by atoms with E-state index in [0.717, 1.165) is 12.0 Å². The first-order chi connectivity index (χ1) is 7.13. The van der Waals surface area contributed by atoms with E-state index in [0.29, 0.717) is 13.0 Å². The molecule has 82 valence electrons. The minimum absolute atomic E-state index is 0.00920. The van der Waals surface area contributed by atoms with Crippen molar-refractivity contribution in [1.29, 1.82) is 0 Å². The predicted molar refractivity (Wildman–Crippen MR) is 56.5 cm³/mol. The third-order valence-corrected chi connectivity index (χ3v) is 2.01. The van der Waals surface area contributed by atoms with Gasteiger partial charge in [0.1, 0.15) is 0 Å². The molecule has 0 saturated heterocycles. The monoisotopic (exact) mass is 209 g/mol. The summed E-state index contributed by atoms with van der Waals surface area (Å²) < 4.78 is 0. The van der Waals surface area contributed by atoms with Crippen molar-refractivity contribution in [3.05, 3.63) is 23.8 Å². The molecule has 4 heteroatoms. The summed E-state index contributed by atoms with van der Waals surface area (Å²) in [5.41, 5.74) is 0.759. The van der Waals surface area contributed by atoms with Gasteiger partial charge in [-0.1, -0.05) is 13.0 Å². The lowest BCUT2D eigenvalue weighted by atomic mass is 10.2. The van der Waals surface area contributed by atoms with Crippen LogP contribution in [-0.4, -0.2) is 16.1 Å². The quantitative estimate of drug-likeness (QED) is 0.658. The summed E-state index contributed by atoms with van der Waals surface area (Å²) >= 11 is 0. The van der Waals surface area contributed by atoms with Gasteiger partial charge < -0.3 is 15.5 Å². The summed E-state index contributed by atoms with van der Waals surface area (Å²) in [6, 6.07) is 4.49. The smallest absolute Gasteiger partial charge is 0.220 e. The second kappa shape index (κ2) is 5.24. The second-order valence-electron chi connectivity index (χ2n) is 3.35. The summed E-state index contributed by atoms with van der Waals surface area (Å²) in [4.78, 5) is 11.1. The third kappa shape index (κ3) is 3.50. The topological polar surface area (TPSA) is 69.6 Å². The number of nitrogens with one attached hydrogen (secondary N) is 1. The van der Waals surface area contributed by atoms with Crippen LogP contribution in [0.15, 0.2) is 18.2 Å². The molecule has 0 aromatic heterocycles. The Kier molecular flexibility index (Phi) is 3.97. The molecule has 0 aliphatic rings. The van der Waals surface area contributed by atoms with Crippen molar-refractivity contribution < 1.29 is 15.0 Å². The highest BCUT2D eigenvalue weighted by atomic mass is 16.3. The van der Waals surface area contributed by atoms with E-state index in [1.165, 1.54) is 12.1 Å². The lowest BCUT2D eigenvalue weighted by molar-refractivity contribution is -0.121. The molecule has 0 radical (unpaired) electrons. The van der Waals surface area contributed by atoms with Crippen LogP contribution in [0.3, 0.4) is 0 Å². The van der Waals surface area contributed by atoms with Crippen LogP contribution in [0.4, 0.5) is 0 Å². The fourth-order valence-corrected chi connectivity index (χ4v) is 1.20. The molecule has 1 aromatic rings. The highest BCUT2D eigenvalue weighted by Gasteiger charge is 2.02. The molecule has 0 unspecified atom stereocenters. The zero-order chi connectivity index (χ0) is 11.3. The van der Waals surface area contributed by atoms with Crippen LogP contribution in [0.2, 0.25) is 0 Å². The molecule has 0 saturated carbocycles. The van der Waals surface area contributed by atoms with E-state index < -0.39 is 0 Å². The molecule has 3 N–H and O–H groups in total. The molecule has 1 amide bonds. The molecule has 1 rings (SSSR count). The lowest BCUT2D eigenvalue weighted by Crippen LogP contribution is -2.21. The zero-order valence-electron chi connectivity index (χ0n) is 8.66. The van der Waals surface area contributed by atoms with Crippen LogP contribution in [0.25, 0.3) is 0 Å². The van der Waals surface area contributed by atoms with Gasteiger partial charge in [0.2, 0.25) is 5.91 Å². The van der Waals surface area contributed by atoms with Crippen LogP contribution in [0, 0.1) is 0 Å². The molecule has 0 aliphatic heterocycles. The van der Waals surface area contributed by atoms with Gasteiger partial charge in [-0.05, 0) is 24.1 Å². The van der Waals surface area contributed by atoms with Gasteiger partial charge in [0, 0.05) is 13.0 Å². The van der Waals surface area contributed by atoms with Gasteiger partial charge in [0.05, 0.1) is 0 Å². The number of hydrogen-bond donors (Lipinski definition) is 3. The van der Waals surface area contributed by atoms with Gasteiger partial charge in [0.15, 0.2) is 11.5 Å². The van der Waals surface area contributed by atoms with E-state index in [1.807, 2.05) is 6.92 Å². The summed E-state index contributed by atoms with van der Waals surface area (Å²) in [5.74, 6) is -0.332. The normalized spacial score (nSPS) is 9.93. The van der Waals surface area contributed by atoms with E-state index in [-0.39, 0.29) is 17.4 Å². The maximum Gasteiger partial charge on any atom is 0.220 e. The lowest BCUT2D eigenvalue weighted by Gasteiger charge is -2.05. The number of rotatable bonds is 4. The van der Waals surface area contributed by atoms with Crippen molar-refractivity contribution in [3.8, 4) is 11.5 Å². The van der Waals surface area contributed by atoms with Gasteiger partial charge >= 0.3 is 0 Å². The molecular formula is C11H15NO3. The SMILES string of the molecule is CCCC(=O)NCc1ccc(O)c(O)c1. The summed E-state index contributed by atoms with van der Waals surface area (Å²) in [6.45, 7) is 2.30. The Bertz CT molecular complexity index is 350. The maximum absolute atomic E-state index is 11.1. The Hall–Kier alpha value is -1.71. The summed E-state index contributed by atoms with van der Waals surface area (Å²) in [5, 5.41) is 21.0. The molecular weight excluding hydrogens is 194 g/mol. The molecule has 4 nitrogen and oxygen atoms in total. The molecule has 1 aromatic carbocycles. The van der Waals surface area contributed by atoms with E-state index in [1.54, 1.807) is 6.07 Å². The largest absolute Gasteiger partial charge is 0.504 e. The van der Waals surface area contributed by atoms with Gasteiger partial charge in [-0.15, -0.1) is 0 Å². The van der Waals surface area contributed by atoms with Crippen molar-refractivity contribution >= 4 is 5.91 Å². The molecule has 0 atom stereocenters. The van der Waals surface area contributed by atoms with Gasteiger partial charge in [-0.2, -0.15) is 0 Å². The van der Waals surface area contributed by atoms with Crippen molar-refractivity contribution in [1.82, 2.24) is 5.32 Å². The Labute approximate surface area is 88.6 Å². The first-order valence-electron chi connectivity index (χ1n) is 4.91. The predicted octanol–water partition coefficient (Wildman–Crippen LogP) is 1.51. The van der Waals surface area contributed by atoms with Gasteiger partial charge in [-0.3, -0.25) is 4.79 Å². The molecule has 15 heavy (non-hydrogen) atoms. The van der Waals surface area contributed by atoms with E-state index >= 15 is 0 Å². The average Bonchev–Trinajstić information content (AvgIpc) is 2.20. The highest BCUT2D eigenvalue weighted by molar-refractivity contribution is 5.75. The number of phenolic OH excluding ortho intramolecular Hbond substituents is 2. The van der Waals surface area contributed by atoms with Crippen LogP contribution in [0.1, 0.15) is 25.3 Å². The van der Waals surface area contributed by atoms with Crippen LogP contribution >= 0.6 is 0 Å². The number of aromatic hydroxyl groups is 2. The minimum Gasteiger partial charge on any atom is -0.504 e. The summed E-state index contributed by atoms with van der Waals surface area (Å²) in [6.07, 6.45) is 1.32. The fraction of sp³-hybridized carbons (Fsp3) is 0.364. The summed E-state index contributed by atoms with van der Waals surface area (Å²) in [7, 11) is 0. The Morgan fingerprint density at radius 2 is 2.07 bits per heavy atom. The Morgan fingerprint density at radius 1 is 1.33 bits per heavy atom. The molecule has 0 aliphatic carbocycles. The Balaban J connectivity index is 2.51. The number of amides is 1. The second-order valence-corrected chi connectivity index (χ2v) is 3.35. The first-order valence-corrected chi connectivity index (χ1v) is 4.91. The van der Waals surface area contributed by atoms with Crippen LogP contribution in [0.5, 0.6) is 11.5 Å². The standard InChI is InChI=1S/C11H15NO3/c1-2-3-11(15)12-7-8-4-5-9(13)10(14)6-8/h4-6,13-14H,2-3,7H2,1H3,(H,12,15). The van der Waals surface area contributed by atoms with Gasteiger partial charge in [-0.25, -0.2) is 0 Å². The number of carbonyl (C=O) groups excluding carboxylic acids is 1. The first kappa shape index (κ1) is 11.4. The molecule has 0 fully saturated rings. The van der Waals surface area contributed by atoms with Crippen LogP contribution in [-0.2, 0) is 11.3 Å². The number of hydrogen-bond acceptors (Lipinski definition) is 3. The van der Waals surface area contributed by atoms with Crippen LogP contribution < -0.4 is 5.32 Å². The van der Waals surface area contributed by atoms with Crippen molar-refractivity contribution in [2.24, 2.45) is 0 Å². The highest BCUT2D eigenvalue weighted by Crippen LogP contribution is 2.24.